The second kappa shape index (κ2) is 11.3. The van der Waals surface area contributed by atoms with Crippen molar-refractivity contribution in [2.24, 2.45) is 5.92 Å². The van der Waals surface area contributed by atoms with E-state index in [2.05, 4.69) is 34.9 Å². The summed E-state index contributed by atoms with van der Waals surface area (Å²) < 4.78 is 16.0. The molecule has 1 fully saturated rings. The lowest BCUT2D eigenvalue weighted by Crippen LogP contribution is -2.48. The monoisotopic (exact) mass is 482 g/mol. The van der Waals surface area contributed by atoms with Crippen LogP contribution in [-0.4, -0.2) is 68.7 Å². The van der Waals surface area contributed by atoms with Crippen LogP contribution in [0.15, 0.2) is 48.5 Å². The van der Waals surface area contributed by atoms with Crippen molar-refractivity contribution in [3.63, 3.8) is 0 Å². The molecule has 9 heteroatoms. The Bertz CT molecular complexity index is 1030. The molecule has 1 heterocycles. The van der Waals surface area contributed by atoms with Crippen molar-refractivity contribution in [1.82, 2.24) is 10.6 Å². The maximum atomic E-state index is 12.7. The van der Waals surface area contributed by atoms with Gasteiger partial charge in [0, 0.05) is 38.0 Å². The molecule has 0 saturated carbocycles. The maximum Gasteiger partial charge on any atom is 0.407 e. The summed E-state index contributed by atoms with van der Waals surface area (Å²) >= 11 is 0. The van der Waals surface area contributed by atoms with Crippen LogP contribution in [0.3, 0.4) is 0 Å². The van der Waals surface area contributed by atoms with E-state index < -0.39 is 18.2 Å². The van der Waals surface area contributed by atoms with Crippen LogP contribution in [0.2, 0.25) is 0 Å². The molecule has 2 amide bonds. The average molecular weight is 483 g/mol. The van der Waals surface area contributed by atoms with E-state index in [0.29, 0.717) is 19.6 Å². The first-order valence-corrected chi connectivity index (χ1v) is 11.7. The Morgan fingerprint density at radius 2 is 1.74 bits per heavy atom. The van der Waals surface area contributed by atoms with Crippen molar-refractivity contribution >= 4 is 18.0 Å². The first-order valence-electron chi connectivity index (χ1n) is 11.7. The molecule has 0 aromatic heterocycles. The third kappa shape index (κ3) is 5.80. The summed E-state index contributed by atoms with van der Waals surface area (Å²) in [6, 6.07) is 16.0. The standard InChI is InChI=1S/C26H30N2O7/c1-33-23(25(30)31)13-27-24(29)12-16-14-34-11-10-22(16)28-26(32)35-15-21-19-8-4-2-6-17(19)18-7-3-5-9-20(18)21/h2-9,16,21-23H,10-15H2,1H3,(H,27,29)(H,28,32)(H,30,31). The zero-order valence-corrected chi connectivity index (χ0v) is 19.6. The van der Waals surface area contributed by atoms with Crippen LogP contribution in [0.4, 0.5) is 4.79 Å². The third-order valence-corrected chi connectivity index (χ3v) is 6.61. The van der Waals surface area contributed by atoms with Crippen molar-refractivity contribution in [3.8, 4) is 11.1 Å². The van der Waals surface area contributed by atoms with Crippen molar-refractivity contribution in [2.75, 3.05) is 33.5 Å². The van der Waals surface area contributed by atoms with E-state index in [0.717, 1.165) is 22.3 Å². The van der Waals surface area contributed by atoms with Gasteiger partial charge in [0.1, 0.15) is 6.61 Å². The Hall–Kier alpha value is -3.43. The van der Waals surface area contributed by atoms with E-state index in [1.165, 1.54) is 7.11 Å². The number of aliphatic carboxylic acids is 1. The number of hydrogen-bond donors (Lipinski definition) is 3. The molecule has 2 aliphatic rings. The molecule has 4 rings (SSSR count). The second-order valence-corrected chi connectivity index (χ2v) is 8.77. The van der Waals surface area contributed by atoms with Crippen LogP contribution in [0.5, 0.6) is 0 Å². The van der Waals surface area contributed by atoms with Crippen LogP contribution in [0.25, 0.3) is 11.1 Å². The van der Waals surface area contributed by atoms with Crippen LogP contribution in [0, 0.1) is 5.92 Å². The minimum absolute atomic E-state index is 0.0348. The number of carbonyl (C=O) groups is 3. The summed E-state index contributed by atoms with van der Waals surface area (Å²) in [5, 5.41) is 14.5. The Morgan fingerprint density at radius 1 is 1.09 bits per heavy atom. The number of hydrogen-bond acceptors (Lipinski definition) is 6. The van der Waals surface area contributed by atoms with Crippen molar-refractivity contribution < 1.29 is 33.7 Å². The number of carboxylic acids is 1. The molecule has 0 spiro atoms. The minimum atomic E-state index is -1.15. The van der Waals surface area contributed by atoms with Gasteiger partial charge in [0.25, 0.3) is 0 Å². The van der Waals surface area contributed by atoms with Gasteiger partial charge >= 0.3 is 12.1 Å². The normalized spacial score (nSPS) is 19.8. The van der Waals surface area contributed by atoms with E-state index in [-0.39, 0.29) is 43.4 Å². The van der Waals surface area contributed by atoms with Gasteiger partial charge in [-0.3, -0.25) is 4.79 Å². The summed E-state index contributed by atoms with van der Waals surface area (Å²) in [5.41, 5.74) is 4.59. The highest BCUT2D eigenvalue weighted by molar-refractivity contribution is 5.79. The van der Waals surface area contributed by atoms with E-state index in [1.54, 1.807) is 0 Å². The molecule has 35 heavy (non-hydrogen) atoms. The molecular formula is C26H30N2O7. The van der Waals surface area contributed by atoms with E-state index in [4.69, 9.17) is 19.3 Å². The highest BCUT2D eigenvalue weighted by Crippen LogP contribution is 2.44. The number of carboxylic acid groups (broad SMARTS) is 1. The van der Waals surface area contributed by atoms with Gasteiger partial charge < -0.3 is 30.0 Å². The van der Waals surface area contributed by atoms with E-state index in [1.807, 2.05) is 24.3 Å². The van der Waals surface area contributed by atoms with Gasteiger partial charge in [-0.1, -0.05) is 48.5 Å². The van der Waals surface area contributed by atoms with Crippen LogP contribution in [0.1, 0.15) is 29.9 Å². The van der Waals surface area contributed by atoms with Gasteiger partial charge in [0.15, 0.2) is 6.10 Å². The van der Waals surface area contributed by atoms with Crippen molar-refractivity contribution in [3.05, 3.63) is 59.7 Å². The predicted octanol–water partition coefficient (Wildman–Crippen LogP) is 2.54. The molecule has 3 N–H and O–H groups in total. The number of rotatable bonds is 9. The Kier molecular flexibility index (Phi) is 7.99. The van der Waals surface area contributed by atoms with Crippen LogP contribution < -0.4 is 10.6 Å². The van der Waals surface area contributed by atoms with Gasteiger partial charge in [-0.25, -0.2) is 9.59 Å². The highest BCUT2D eigenvalue weighted by atomic mass is 16.5. The molecule has 2 aromatic carbocycles. The highest BCUT2D eigenvalue weighted by Gasteiger charge is 2.32. The lowest BCUT2D eigenvalue weighted by Gasteiger charge is -2.31. The molecule has 3 atom stereocenters. The zero-order chi connectivity index (χ0) is 24.8. The Morgan fingerprint density at radius 3 is 2.37 bits per heavy atom. The Balaban J connectivity index is 1.32. The van der Waals surface area contributed by atoms with Gasteiger partial charge in [-0.15, -0.1) is 0 Å². The van der Waals surface area contributed by atoms with Gasteiger partial charge in [0.05, 0.1) is 13.2 Å². The fourth-order valence-electron chi connectivity index (χ4n) is 4.77. The largest absolute Gasteiger partial charge is 0.479 e. The molecule has 1 saturated heterocycles. The quantitative estimate of drug-likeness (QED) is 0.502. The number of alkyl carbamates (subject to hydrolysis) is 1. The van der Waals surface area contributed by atoms with Gasteiger partial charge in [-0.05, 0) is 28.7 Å². The van der Waals surface area contributed by atoms with Crippen molar-refractivity contribution in [1.29, 1.82) is 0 Å². The number of fused-ring (bicyclic) bond motifs is 3. The average Bonchev–Trinajstić information content (AvgIpc) is 3.18. The summed E-state index contributed by atoms with van der Waals surface area (Å²) in [6.07, 6.45) is -1.01. The van der Waals surface area contributed by atoms with Crippen LogP contribution in [-0.2, 0) is 23.8 Å². The fraction of sp³-hybridized carbons (Fsp3) is 0.423. The first kappa shape index (κ1) is 24.7. The second-order valence-electron chi connectivity index (χ2n) is 8.77. The van der Waals surface area contributed by atoms with E-state index in [9.17, 15) is 14.4 Å². The summed E-state index contributed by atoms with van der Waals surface area (Å²) in [5.74, 6) is -1.77. The number of methoxy groups -OCH3 is 1. The molecule has 1 aliphatic heterocycles. The molecule has 9 nitrogen and oxygen atoms in total. The molecule has 3 unspecified atom stereocenters. The Labute approximate surface area is 203 Å². The number of ether oxygens (including phenoxy) is 3. The number of benzene rings is 2. The zero-order valence-electron chi connectivity index (χ0n) is 19.6. The summed E-state index contributed by atoms with van der Waals surface area (Å²) in [4.78, 5) is 36.1. The molecule has 1 aliphatic carbocycles. The number of nitrogens with one attached hydrogen (secondary N) is 2. The molecule has 2 aromatic rings. The first-order chi connectivity index (χ1) is 17.0. The number of carbonyl (C=O) groups excluding carboxylic acids is 2. The predicted molar refractivity (Wildman–Crippen MR) is 127 cm³/mol. The maximum absolute atomic E-state index is 12.7. The summed E-state index contributed by atoms with van der Waals surface area (Å²) in [6.45, 7) is 0.857. The lowest BCUT2D eigenvalue weighted by atomic mass is 9.92. The molecular weight excluding hydrogens is 452 g/mol. The SMILES string of the molecule is COC(CNC(=O)CC1COCCC1NC(=O)OCC1c2ccccc2-c2ccccc21)C(=O)O. The smallest absolute Gasteiger partial charge is 0.407 e. The summed E-state index contributed by atoms with van der Waals surface area (Å²) in [7, 11) is 1.27. The lowest BCUT2D eigenvalue weighted by molar-refractivity contribution is -0.148. The van der Waals surface area contributed by atoms with Gasteiger partial charge in [0.2, 0.25) is 5.91 Å². The third-order valence-electron chi connectivity index (χ3n) is 6.61. The topological polar surface area (TPSA) is 123 Å². The molecule has 186 valence electrons. The molecule has 0 bridgehead atoms. The number of amides is 2. The van der Waals surface area contributed by atoms with Gasteiger partial charge in [-0.2, -0.15) is 0 Å². The van der Waals surface area contributed by atoms with Crippen LogP contribution >= 0.6 is 0 Å². The molecule has 0 radical (unpaired) electrons. The van der Waals surface area contributed by atoms with E-state index >= 15 is 0 Å². The minimum Gasteiger partial charge on any atom is -0.479 e. The van der Waals surface area contributed by atoms with Crippen molar-refractivity contribution in [2.45, 2.75) is 30.9 Å². The fourth-order valence-corrected chi connectivity index (χ4v) is 4.77.